The van der Waals surface area contributed by atoms with Crippen molar-refractivity contribution in [1.82, 2.24) is 0 Å². The largest absolute Gasteiger partial charge is 0.330 e. The third-order valence-corrected chi connectivity index (χ3v) is 3.75. The van der Waals surface area contributed by atoms with Crippen molar-refractivity contribution in [2.24, 2.45) is 5.73 Å². The first-order valence-corrected chi connectivity index (χ1v) is 6.76. The van der Waals surface area contributed by atoms with Crippen LogP contribution in [0.25, 0.3) is 0 Å². The van der Waals surface area contributed by atoms with Crippen LogP contribution >= 0.6 is 0 Å². The molecule has 0 spiro atoms. The summed E-state index contributed by atoms with van der Waals surface area (Å²) in [5.41, 5.74) is 5.27. The van der Waals surface area contributed by atoms with Gasteiger partial charge in [0.25, 0.3) is 0 Å². The highest BCUT2D eigenvalue weighted by Gasteiger charge is 2.10. The van der Waals surface area contributed by atoms with E-state index in [2.05, 4.69) is 0 Å². The van der Waals surface area contributed by atoms with E-state index in [-0.39, 0.29) is 23.7 Å². The molecule has 0 atom stereocenters. The maximum absolute atomic E-state index is 11.2. The Kier molecular flexibility index (Phi) is 6.74. The standard InChI is InChI=1S/C9H19NO3S/c1-2-14(12,13)8-6-9(11)5-3-4-7-10/h2-8,10H2,1H3. The van der Waals surface area contributed by atoms with Gasteiger partial charge in [-0.2, -0.15) is 0 Å². The molecule has 0 aromatic carbocycles. The molecular weight excluding hydrogens is 202 g/mol. The second-order valence-corrected chi connectivity index (χ2v) is 5.74. The van der Waals surface area contributed by atoms with Crippen LogP contribution in [0, 0.1) is 0 Å². The minimum Gasteiger partial charge on any atom is -0.330 e. The quantitative estimate of drug-likeness (QED) is 0.606. The van der Waals surface area contributed by atoms with Gasteiger partial charge in [0.1, 0.15) is 15.6 Å². The average Bonchev–Trinajstić information content (AvgIpc) is 2.16. The lowest BCUT2D eigenvalue weighted by Crippen LogP contribution is -2.13. The Bertz CT molecular complexity index is 259. The molecule has 0 saturated heterocycles. The van der Waals surface area contributed by atoms with E-state index in [0.29, 0.717) is 13.0 Å². The highest BCUT2D eigenvalue weighted by atomic mass is 32.2. The van der Waals surface area contributed by atoms with E-state index in [4.69, 9.17) is 5.73 Å². The van der Waals surface area contributed by atoms with Gasteiger partial charge in [0.05, 0.1) is 5.75 Å². The Morgan fingerprint density at radius 2 is 1.86 bits per heavy atom. The summed E-state index contributed by atoms with van der Waals surface area (Å²) in [6.45, 7) is 2.18. The van der Waals surface area contributed by atoms with E-state index in [1.165, 1.54) is 0 Å². The molecule has 0 bridgehead atoms. The Hall–Kier alpha value is -0.420. The summed E-state index contributed by atoms with van der Waals surface area (Å²) in [6.07, 6.45) is 2.20. The Balaban J connectivity index is 3.64. The van der Waals surface area contributed by atoms with Gasteiger partial charge < -0.3 is 5.73 Å². The van der Waals surface area contributed by atoms with Gasteiger partial charge >= 0.3 is 0 Å². The van der Waals surface area contributed by atoms with Crippen molar-refractivity contribution in [3.63, 3.8) is 0 Å². The second-order valence-electron chi connectivity index (χ2n) is 3.27. The normalized spacial score (nSPS) is 11.6. The topological polar surface area (TPSA) is 77.2 Å². The molecule has 0 heterocycles. The molecule has 0 rings (SSSR count). The highest BCUT2D eigenvalue weighted by Crippen LogP contribution is 2.01. The first kappa shape index (κ1) is 13.6. The Morgan fingerprint density at radius 1 is 1.21 bits per heavy atom. The predicted octanol–water partition coefficient (Wildman–Crippen LogP) is 0.509. The van der Waals surface area contributed by atoms with Crippen molar-refractivity contribution in [3.05, 3.63) is 0 Å². The zero-order valence-electron chi connectivity index (χ0n) is 8.66. The fourth-order valence-electron chi connectivity index (χ4n) is 1.01. The van der Waals surface area contributed by atoms with Crippen LogP contribution in [0.1, 0.15) is 32.6 Å². The maximum atomic E-state index is 11.2. The average molecular weight is 221 g/mol. The Morgan fingerprint density at radius 3 is 2.36 bits per heavy atom. The van der Waals surface area contributed by atoms with Gasteiger partial charge in [0.15, 0.2) is 0 Å². The lowest BCUT2D eigenvalue weighted by Gasteiger charge is -2.00. The molecule has 5 heteroatoms. The van der Waals surface area contributed by atoms with E-state index in [0.717, 1.165) is 12.8 Å². The van der Waals surface area contributed by atoms with Crippen LogP contribution in [-0.2, 0) is 14.6 Å². The third-order valence-electron chi connectivity index (χ3n) is 2.04. The zero-order chi connectivity index (χ0) is 11.0. The number of carbonyl (C=O) groups excluding carboxylic acids is 1. The molecule has 0 amide bonds. The number of hydrogen-bond acceptors (Lipinski definition) is 4. The number of ketones is 1. The molecule has 0 aromatic rings. The molecule has 14 heavy (non-hydrogen) atoms. The number of hydrogen-bond donors (Lipinski definition) is 1. The summed E-state index contributed by atoms with van der Waals surface area (Å²) in [7, 11) is -2.99. The van der Waals surface area contributed by atoms with E-state index in [1.807, 2.05) is 0 Å². The van der Waals surface area contributed by atoms with Crippen molar-refractivity contribution in [2.75, 3.05) is 18.1 Å². The predicted molar refractivity (Wildman–Crippen MR) is 56.9 cm³/mol. The SMILES string of the molecule is CCS(=O)(=O)CCC(=O)CCCCN. The van der Waals surface area contributed by atoms with Gasteiger partial charge in [0, 0.05) is 18.6 Å². The lowest BCUT2D eigenvalue weighted by molar-refractivity contribution is -0.118. The third kappa shape index (κ3) is 7.03. The number of unbranched alkanes of at least 4 members (excludes halogenated alkanes) is 1. The molecule has 84 valence electrons. The smallest absolute Gasteiger partial charge is 0.150 e. The highest BCUT2D eigenvalue weighted by molar-refractivity contribution is 7.91. The van der Waals surface area contributed by atoms with Crippen LogP contribution in [0.4, 0.5) is 0 Å². The first-order valence-electron chi connectivity index (χ1n) is 4.94. The van der Waals surface area contributed by atoms with E-state index >= 15 is 0 Å². The minimum absolute atomic E-state index is 0.00897. The number of rotatable bonds is 8. The van der Waals surface area contributed by atoms with E-state index < -0.39 is 9.84 Å². The molecule has 0 radical (unpaired) electrons. The number of Topliss-reactive ketones (excluding diaryl/α,β-unsaturated/α-hetero) is 1. The number of nitrogens with two attached hydrogens (primary N) is 1. The monoisotopic (exact) mass is 221 g/mol. The van der Waals surface area contributed by atoms with E-state index in [1.54, 1.807) is 6.92 Å². The summed E-state index contributed by atoms with van der Waals surface area (Å²) in [4.78, 5) is 11.2. The molecule has 4 nitrogen and oxygen atoms in total. The second kappa shape index (κ2) is 6.95. The number of carbonyl (C=O) groups is 1. The maximum Gasteiger partial charge on any atom is 0.150 e. The summed E-state index contributed by atoms with van der Waals surface area (Å²) in [6, 6.07) is 0. The Labute approximate surface area is 85.8 Å². The molecule has 0 aliphatic carbocycles. The van der Waals surface area contributed by atoms with Gasteiger partial charge in [-0.05, 0) is 19.4 Å². The summed E-state index contributed by atoms with van der Waals surface area (Å²) in [5, 5.41) is 0. The van der Waals surface area contributed by atoms with Crippen molar-refractivity contribution in [2.45, 2.75) is 32.6 Å². The van der Waals surface area contributed by atoms with Gasteiger partial charge in [-0.1, -0.05) is 6.92 Å². The molecule has 2 N–H and O–H groups in total. The minimum atomic E-state index is -2.99. The van der Waals surface area contributed by atoms with Crippen molar-refractivity contribution < 1.29 is 13.2 Å². The lowest BCUT2D eigenvalue weighted by atomic mass is 10.1. The van der Waals surface area contributed by atoms with Gasteiger partial charge in [-0.15, -0.1) is 0 Å². The molecule has 0 fully saturated rings. The van der Waals surface area contributed by atoms with Crippen molar-refractivity contribution in [3.8, 4) is 0 Å². The summed E-state index contributed by atoms with van der Waals surface area (Å²) >= 11 is 0. The van der Waals surface area contributed by atoms with Crippen LogP contribution < -0.4 is 5.73 Å². The van der Waals surface area contributed by atoms with Gasteiger partial charge in [-0.25, -0.2) is 8.42 Å². The molecule has 0 unspecified atom stereocenters. The van der Waals surface area contributed by atoms with Crippen LogP contribution in [0.2, 0.25) is 0 Å². The summed E-state index contributed by atoms with van der Waals surface area (Å²) in [5.74, 6) is 0.129. The van der Waals surface area contributed by atoms with Gasteiger partial charge in [0.2, 0.25) is 0 Å². The van der Waals surface area contributed by atoms with Crippen LogP contribution in [0.3, 0.4) is 0 Å². The van der Waals surface area contributed by atoms with E-state index in [9.17, 15) is 13.2 Å². The molecule has 0 saturated carbocycles. The van der Waals surface area contributed by atoms with Crippen LogP contribution in [0.5, 0.6) is 0 Å². The fourth-order valence-corrected chi connectivity index (χ4v) is 1.83. The van der Waals surface area contributed by atoms with Crippen LogP contribution in [-0.4, -0.2) is 32.3 Å². The molecule has 0 aromatic heterocycles. The zero-order valence-corrected chi connectivity index (χ0v) is 9.48. The molecular formula is C9H19NO3S. The first-order chi connectivity index (χ1) is 6.52. The van der Waals surface area contributed by atoms with Crippen molar-refractivity contribution in [1.29, 1.82) is 0 Å². The summed E-state index contributed by atoms with van der Waals surface area (Å²) < 4.78 is 22.1. The fraction of sp³-hybridized carbons (Fsp3) is 0.889. The van der Waals surface area contributed by atoms with Gasteiger partial charge in [-0.3, -0.25) is 4.79 Å². The van der Waals surface area contributed by atoms with Crippen molar-refractivity contribution >= 4 is 15.6 Å². The molecule has 0 aliphatic rings. The van der Waals surface area contributed by atoms with Crippen LogP contribution in [0.15, 0.2) is 0 Å². The number of sulfone groups is 1. The molecule has 0 aliphatic heterocycles.